The lowest BCUT2D eigenvalue weighted by Gasteiger charge is -2.13. The first-order valence-corrected chi connectivity index (χ1v) is 4.59. The minimum atomic E-state index is 0.284. The summed E-state index contributed by atoms with van der Waals surface area (Å²) in [5.74, 6) is 1.66. The summed E-state index contributed by atoms with van der Waals surface area (Å²) in [6, 6.07) is 0. The van der Waals surface area contributed by atoms with E-state index in [1.807, 2.05) is 0 Å². The molecule has 1 nitrogen and oxygen atoms in total. The Morgan fingerprint density at radius 3 is 2.75 bits per heavy atom. The largest absolute Gasteiger partial charge is 0.300 e. The van der Waals surface area contributed by atoms with Gasteiger partial charge in [-0.15, -0.1) is 0 Å². The summed E-state index contributed by atoms with van der Waals surface area (Å²) < 4.78 is 0. The standard InChI is InChI=1S/C11H14O/c1-3-9-8-4-5-10(9)11(6-8)7(2)12/h3-5,8,10-11H,6H2,1-2H3/b9-3-. The third-order valence-electron chi connectivity index (χ3n) is 3.16. The summed E-state index contributed by atoms with van der Waals surface area (Å²) in [5, 5.41) is 0. The van der Waals surface area contributed by atoms with E-state index in [2.05, 4.69) is 25.2 Å². The number of carbonyl (C=O) groups is 1. The smallest absolute Gasteiger partial charge is 0.133 e. The quantitative estimate of drug-likeness (QED) is 0.541. The maximum atomic E-state index is 11.2. The Labute approximate surface area is 73.2 Å². The highest BCUT2D eigenvalue weighted by atomic mass is 16.1. The van der Waals surface area contributed by atoms with E-state index in [0.717, 1.165) is 6.42 Å². The zero-order valence-corrected chi connectivity index (χ0v) is 7.58. The summed E-state index contributed by atoms with van der Waals surface area (Å²) in [7, 11) is 0. The maximum Gasteiger partial charge on any atom is 0.133 e. The first-order chi connectivity index (χ1) is 5.74. The van der Waals surface area contributed by atoms with Crippen molar-refractivity contribution in [2.75, 3.05) is 0 Å². The lowest BCUT2D eigenvalue weighted by atomic mass is 9.90. The van der Waals surface area contributed by atoms with Gasteiger partial charge in [0.25, 0.3) is 0 Å². The monoisotopic (exact) mass is 162 g/mol. The third kappa shape index (κ3) is 0.889. The van der Waals surface area contributed by atoms with Gasteiger partial charge in [-0.05, 0) is 26.2 Å². The second-order valence-corrected chi connectivity index (χ2v) is 3.76. The minimum Gasteiger partial charge on any atom is -0.300 e. The van der Waals surface area contributed by atoms with Gasteiger partial charge in [-0.3, -0.25) is 4.79 Å². The molecule has 0 saturated heterocycles. The number of Topliss-reactive ketones (excluding diaryl/α,β-unsaturated/α-hetero) is 1. The molecule has 0 spiro atoms. The summed E-state index contributed by atoms with van der Waals surface area (Å²) in [6.07, 6.45) is 7.68. The molecule has 0 aliphatic heterocycles. The fourth-order valence-corrected chi connectivity index (χ4v) is 2.55. The minimum absolute atomic E-state index is 0.284. The lowest BCUT2D eigenvalue weighted by Crippen LogP contribution is -2.15. The van der Waals surface area contributed by atoms with Crippen molar-refractivity contribution in [3.8, 4) is 0 Å². The van der Waals surface area contributed by atoms with Crippen LogP contribution in [0, 0.1) is 17.8 Å². The van der Waals surface area contributed by atoms with Gasteiger partial charge in [0.1, 0.15) is 5.78 Å². The molecule has 64 valence electrons. The molecule has 0 heterocycles. The van der Waals surface area contributed by atoms with Gasteiger partial charge in [0.2, 0.25) is 0 Å². The second-order valence-electron chi connectivity index (χ2n) is 3.76. The molecule has 0 aromatic heterocycles. The van der Waals surface area contributed by atoms with Gasteiger partial charge in [-0.1, -0.05) is 23.8 Å². The molecule has 3 unspecified atom stereocenters. The molecule has 0 aromatic carbocycles. The number of carbonyl (C=O) groups excluding carboxylic acids is 1. The molecule has 0 N–H and O–H groups in total. The average Bonchev–Trinajstić information content (AvgIpc) is 2.59. The molecule has 0 amide bonds. The molecule has 2 aliphatic rings. The number of hydrogen-bond acceptors (Lipinski definition) is 1. The molecular formula is C11H14O. The summed E-state index contributed by atoms with van der Waals surface area (Å²) in [4.78, 5) is 11.2. The Morgan fingerprint density at radius 2 is 2.33 bits per heavy atom. The van der Waals surface area contributed by atoms with Crippen LogP contribution in [0.3, 0.4) is 0 Å². The van der Waals surface area contributed by atoms with Crippen LogP contribution in [0.15, 0.2) is 23.8 Å². The van der Waals surface area contributed by atoms with Crippen LogP contribution in [0.25, 0.3) is 0 Å². The predicted molar refractivity (Wildman–Crippen MR) is 48.7 cm³/mol. The van der Waals surface area contributed by atoms with Gasteiger partial charge in [0.15, 0.2) is 0 Å². The highest BCUT2D eigenvalue weighted by Crippen LogP contribution is 2.47. The van der Waals surface area contributed by atoms with Crippen molar-refractivity contribution in [1.29, 1.82) is 0 Å². The predicted octanol–water partition coefficient (Wildman–Crippen LogP) is 2.34. The van der Waals surface area contributed by atoms with E-state index in [-0.39, 0.29) is 5.92 Å². The zero-order valence-electron chi connectivity index (χ0n) is 7.58. The van der Waals surface area contributed by atoms with Crippen LogP contribution in [0.4, 0.5) is 0 Å². The van der Waals surface area contributed by atoms with E-state index in [0.29, 0.717) is 17.6 Å². The molecule has 1 fully saturated rings. The Morgan fingerprint density at radius 1 is 1.58 bits per heavy atom. The van der Waals surface area contributed by atoms with E-state index >= 15 is 0 Å². The van der Waals surface area contributed by atoms with Gasteiger partial charge in [-0.25, -0.2) is 0 Å². The highest BCUT2D eigenvalue weighted by Gasteiger charge is 2.41. The normalized spacial score (nSPS) is 41.2. The van der Waals surface area contributed by atoms with E-state index in [1.54, 1.807) is 6.92 Å². The third-order valence-corrected chi connectivity index (χ3v) is 3.16. The molecule has 3 atom stereocenters. The van der Waals surface area contributed by atoms with Crippen LogP contribution >= 0.6 is 0 Å². The van der Waals surface area contributed by atoms with Crippen LogP contribution < -0.4 is 0 Å². The van der Waals surface area contributed by atoms with Crippen molar-refractivity contribution in [3.63, 3.8) is 0 Å². The zero-order chi connectivity index (χ0) is 8.72. The van der Waals surface area contributed by atoms with Crippen LogP contribution in [-0.4, -0.2) is 5.78 Å². The summed E-state index contributed by atoms with van der Waals surface area (Å²) in [5.41, 5.74) is 1.47. The Balaban J connectivity index is 2.29. The van der Waals surface area contributed by atoms with E-state index in [4.69, 9.17) is 0 Å². The van der Waals surface area contributed by atoms with Crippen LogP contribution in [-0.2, 0) is 4.79 Å². The molecule has 2 aliphatic carbocycles. The first-order valence-electron chi connectivity index (χ1n) is 4.59. The number of fused-ring (bicyclic) bond motifs is 2. The van der Waals surface area contributed by atoms with Crippen LogP contribution in [0.5, 0.6) is 0 Å². The fourth-order valence-electron chi connectivity index (χ4n) is 2.55. The lowest BCUT2D eigenvalue weighted by molar-refractivity contribution is -0.121. The first kappa shape index (κ1) is 7.78. The van der Waals surface area contributed by atoms with Crippen molar-refractivity contribution in [2.45, 2.75) is 20.3 Å². The highest BCUT2D eigenvalue weighted by molar-refractivity contribution is 5.80. The van der Waals surface area contributed by atoms with Crippen LogP contribution in [0.2, 0.25) is 0 Å². The van der Waals surface area contributed by atoms with Crippen molar-refractivity contribution >= 4 is 5.78 Å². The summed E-state index contributed by atoms with van der Waals surface area (Å²) in [6.45, 7) is 3.79. The van der Waals surface area contributed by atoms with Gasteiger partial charge in [0, 0.05) is 11.8 Å². The van der Waals surface area contributed by atoms with Crippen molar-refractivity contribution in [3.05, 3.63) is 23.8 Å². The number of ketones is 1. The Kier molecular flexibility index (Phi) is 1.67. The number of hydrogen-bond donors (Lipinski definition) is 0. The molecule has 1 saturated carbocycles. The number of allylic oxidation sites excluding steroid dienone is 4. The topological polar surface area (TPSA) is 17.1 Å². The molecule has 1 heteroatoms. The van der Waals surface area contributed by atoms with E-state index < -0.39 is 0 Å². The van der Waals surface area contributed by atoms with Gasteiger partial charge >= 0.3 is 0 Å². The molecule has 0 aromatic rings. The summed E-state index contributed by atoms with van der Waals surface area (Å²) >= 11 is 0. The SMILES string of the molecule is C/C=C1/C2C=CC1C(C(C)=O)C2. The average molecular weight is 162 g/mol. The Hall–Kier alpha value is -0.850. The molecule has 12 heavy (non-hydrogen) atoms. The van der Waals surface area contributed by atoms with Gasteiger partial charge in [-0.2, -0.15) is 0 Å². The Bertz CT molecular complexity index is 273. The fraction of sp³-hybridized carbons (Fsp3) is 0.545. The van der Waals surface area contributed by atoms with Crippen molar-refractivity contribution in [1.82, 2.24) is 0 Å². The van der Waals surface area contributed by atoms with Crippen LogP contribution in [0.1, 0.15) is 20.3 Å². The second kappa shape index (κ2) is 2.58. The van der Waals surface area contributed by atoms with Gasteiger partial charge in [0.05, 0.1) is 0 Å². The molecular weight excluding hydrogens is 148 g/mol. The van der Waals surface area contributed by atoms with E-state index in [9.17, 15) is 4.79 Å². The molecule has 2 bridgehead atoms. The van der Waals surface area contributed by atoms with Crippen molar-refractivity contribution < 1.29 is 4.79 Å². The maximum absolute atomic E-state index is 11.2. The van der Waals surface area contributed by atoms with E-state index in [1.165, 1.54) is 5.57 Å². The van der Waals surface area contributed by atoms with Gasteiger partial charge < -0.3 is 0 Å². The van der Waals surface area contributed by atoms with Crippen molar-refractivity contribution in [2.24, 2.45) is 17.8 Å². The number of rotatable bonds is 1. The molecule has 0 radical (unpaired) electrons. The molecule has 2 rings (SSSR count).